The average Bonchev–Trinajstić information content (AvgIpc) is 2.30. The lowest BCUT2D eigenvalue weighted by atomic mass is 10.3. The number of rotatable bonds is 6. The molecule has 4 heteroatoms. The van der Waals surface area contributed by atoms with Crippen molar-refractivity contribution in [1.82, 2.24) is 0 Å². The maximum Gasteiger partial charge on any atom is 0.333 e. The highest BCUT2D eigenvalue weighted by Gasteiger charge is 2.00. The molecular weight excluding hydrogens is 232 g/mol. The highest BCUT2D eigenvalue weighted by atomic mass is 16.5. The van der Waals surface area contributed by atoms with Gasteiger partial charge in [0.2, 0.25) is 0 Å². The van der Waals surface area contributed by atoms with Crippen LogP contribution in [0.1, 0.15) is 40.5 Å². The predicted molar refractivity (Wildman–Crippen MR) is 72.1 cm³/mol. The van der Waals surface area contributed by atoms with Crippen LogP contribution in [-0.4, -0.2) is 25.2 Å². The van der Waals surface area contributed by atoms with Crippen LogP contribution in [0.3, 0.4) is 0 Å². The molecule has 0 aliphatic rings. The molecule has 0 aliphatic carbocycles. The molecule has 0 radical (unpaired) electrons. The number of hydrogen-bond donors (Lipinski definition) is 0. The summed E-state index contributed by atoms with van der Waals surface area (Å²) in [5.74, 6) is -0.596. The van der Waals surface area contributed by atoms with Gasteiger partial charge in [0.1, 0.15) is 0 Å². The van der Waals surface area contributed by atoms with E-state index in [9.17, 15) is 9.59 Å². The minimum absolute atomic E-state index is 0.284. The van der Waals surface area contributed by atoms with Gasteiger partial charge in [-0.2, -0.15) is 0 Å². The zero-order chi connectivity index (χ0) is 14.6. The number of unbranched alkanes of at least 4 members (excludes halogenated alkanes) is 1. The van der Waals surface area contributed by atoms with Gasteiger partial charge >= 0.3 is 11.9 Å². The van der Waals surface area contributed by atoms with Crippen LogP contribution in [0.4, 0.5) is 0 Å². The summed E-state index contributed by atoms with van der Waals surface area (Å²) in [7, 11) is 0. The Balaban J connectivity index is 0. The number of carbonyl (C=O) groups is 2. The van der Waals surface area contributed by atoms with Crippen LogP contribution in [0.2, 0.25) is 0 Å². The van der Waals surface area contributed by atoms with E-state index in [1.807, 2.05) is 0 Å². The van der Waals surface area contributed by atoms with E-state index in [0.29, 0.717) is 24.4 Å². The van der Waals surface area contributed by atoms with Gasteiger partial charge in [-0.05, 0) is 27.2 Å². The molecule has 0 aliphatic heterocycles. The van der Waals surface area contributed by atoms with Crippen LogP contribution in [-0.2, 0) is 19.1 Å². The fourth-order valence-corrected chi connectivity index (χ4v) is 0.687. The first-order valence-corrected chi connectivity index (χ1v) is 6.02. The van der Waals surface area contributed by atoms with Crippen molar-refractivity contribution in [3.05, 3.63) is 24.3 Å². The standard InChI is InChI=1S/C8H14O2.C6H10O2/c1-4-5-6-10-8(9)7(2)3;1-4-8-6(7)5(2)3/h2,4-6H2,1,3H3;2,4H2,1,3H3. The molecule has 0 aromatic carbocycles. The smallest absolute Gasteiger partial charge is 0.333 e. The van der Waals surface area contributed by atoms with Crippen LogP contribution < -0.4 is 0 Å². The third-order valence-electron chi connectivity index (χ3n) is 1.70. The van der Waals surface area contributed by atoms with Gasteiger partial charge < -0.3 is 9.47 Å². The van der Waals surface area contributed by atoms with Crippen molar-refractivity contribution in [2.24, 2.45) is 0 Å². The second-order valence-corrected chi connectivity index (χ2v) is 3.77. The molecule has 0 atom stereocenters. The van der Waals surface area contributed by atoms with Gasteiger partial charge in [-0.3, -0.25) is 0 Å². The monoisotopic (exact) mass is 256 g/mol. The third kappa shape index (κ3) is 12.5. The topological polar surface area (TPSA) is 52.6 Å². The molecule has 0 aromatic heterocycles. The quantitative estimate of drug-likeness (QED) is 0.416. The predicted octanol–water partition coefficient (Wildman–Crippen LogP) is 3.03. The molecule has 0 amide bonds. The number of esters is 2. The van der Waals surface area contributed by atoms with Gasteiger partial charge in [0.25, 0.3) is 0 Å². The van der Waals surface area contributed by atoms with Crippen molar-refractivity contribution in [2.75, 3.05) is 13.2 Å². The van der Waals surface area contributed by atoms with Crippen LogP contribution in [0, 0.1) is 0 Å². The van der Waals surface area contributed by atoms with E-state index in [2.05, 4.69) is 24.8 Å². The van der Waals surface area contributed by atoms with Crippen molar-refractivity contribution >= 4 is 11.9 Å². The second-order valence-electron chi connectivity index (χ2n) is 3.77. The first-order valence-electron chi connectivity index (χ1n) is 6.02. The highest BCUT2D eigenvalue weighted by molar-refractivity contribution is 5.87. The lowest BCUT2D eigenvalue weighted by Gasteiger charge is -2.01. The molecule has 0 spiro atoms. The molecule has 4 nitrogen and oxygen atoms in total. The summed E-state index contributed by atoms with van der Waals surface area (Å²) in [4.78, 5) is 21.1. The molecule has 0 unspecified atom stereocenters. The Bertz CT molecular complexity index is 292. The van der Waals surface area contributed by atoms with E-state index >= 15 is 0 Å². The second kappa shape index (κ2) is 11.9. The molecule has 0 N–H and O–H groups in total. The summed E-state index contributed by atoms with van der Waals surface area (Å²) in [5.41, 5.74) is 0.919. The summed E-state index contributed by atoms with van der Waals surface area (Å²) >= 11 is 0. The third-order valence-corrected chi connectivity index (χ3v) is 1.70. The molecular formula is C14H24O4. The van der Waals surface area contributed by atoms with Crippen LogP contribution in [0.25, 0.3) is 0 Å². The van der Waals surface area contributed by atoms with Gasteiger partial charge in [-0.25, -0.2) is 9.59 Å². The Kier molecular flexibility index (Phi) is 12.4. The molecule has 0 heterocycles. The van der Waals surface area contributed by atoms with Crippen molar-refractivity contribution in [3.63, 3.8) is 0 Å². The maximum absolute atomic E-state index is 10.7. The minimum Gasteiger partial charge on any atom is -0.463 e. The first-order chi connectivity index (χ1) is 8.36. The Labute approximate surface area is 110 Å². The van der Waals surface area contributed by atoms with Crippen molar-refractivity contribution in [2.45, 2.75) is 40.5 Å². The highest BCUT2D eigenvalue weighted by Crippen LogP contribution is 1.94. The Morgan fingerprint density at radius 1 is 0.944 bits per heavy atom. The largest absolute Gasteiger partial charge is 0.463 e. The van der Waals surface area contributed by atoms with E-state index in [1.54, 1.807) is 20.8 Å². The van der Waals surface area contributed by atoms with Gasteiger partial charge in [-0.15, -0.1) is 0 Å². The van der Waals surface area contributed by atoms with E-state index in [-0.39, 0.29) is 11.9 Å². The van der Waals surface area contributed by atoms with E-state index in [1.165, 1.54) is 0 Å². The summed E-state index contributed by atoms with van der Waals surface area (Å²) in [6.45, 7) is 14.9. The zero-order valence-electron chi connectivity index (χ0n) is 11.9. The summed E-state index contributed by atoms with van der Waals surface area (Å²) in [6.07, 6.45) is 1.97. The van der Waals surface area contributed by atoms with Gasteiger partial charge in [-0.1, -0.05) is 26.5 Å². The lowest BCUT2D eigenvalue weighted by molar-refractivity contribution is -0.139. The number of hydrogen-bond acceptors (Lipinski definition) is 4. The number of carbonyl (C=O) groups excluding carboxylic acids is 2. The van der Waals surface area contributed by atoms with Crippen molar-refractivity contribution < 1.29 is 19.1 Å². The van der Waals surface area contributed by atoms with Gasteiger partial charge in [0.05, 0.1) is 13.2 Å². The normalized spacial score (nSPS) is 8.67. The maximum atomic E-state index is 10.7. The first kappa shape index (κ1) is 18.8. The Morgan fingerprint density at radius 2 is 1.39 bits per heavy atom. The van der Waals surface area contributed by atoms with E-state index in [4.69, 9.17) is 4.74 Å². The molecule has 104 valence electrons. The summed E-state index contributed by atoms with van der Waals surface area (Å²) < 4.78 is 9.37. The van der Waals surface area contributed by atoms with Crippen molar-refractivity contribution in [3.8, 4) is 0 Å². The molecule has 0 bridgehead atoms. The zero-order valence-corrected chi connectivity index (χ0v) is 11.9. The summed E-state index contributed by atoms with van der Waals surface area (Å²) in [6, 6.07) is 0. The Hall–Kier alpha value is -1.58. The van der Waals surface area contributed by atoms with E-state index < -0.39 is 0 Å². The number of ether oxygens (including phenoxy) is 2. The minimum atomic E-state index is -0.312. The lowest BCUT2D eigenvalue weighted by Crippen LogP contribution is -2.05. The molecule has 0 aromatic rings. The molecule has 0 fully saturated rings. The average molecular weight is 256 g/mol. The van der Waals surface area contributed by atoms with Crippen LogP contribution in [0.15, 0.2) is 24.3 Å². The fraction of sp³-hybridized carbons (Fsp3) is 0.571. The van der Waals surface area contributed by atoms with Crippen molar-refractivity contribution in [1.29, 1.82) is 0 Å². The SMILES string of the molecule is C=C(C)C(=O)OCC.C=C(C)C(=O)OCCCC. The molecule has 0 saturated heterocycles. The Morgan fingerprint density at radius 3 is 1.67 bits per heavy atom. The molecule has 0 rings (SSSR count). The van der Waals surface area contributed by atoms with Gasteiger partial charge in [0.15, 0.2) is 0 Å². The summed E-state index contributed by atoms with van der Waals surface area (Å²) in [5, 5.41) is 0. The van der Waals surface area contributed by atoms with Crippen LogP contribution in [0.5, 0.6) is 0 Å². The van der Waals surface area contributed by atoms with Gasteiger partial charge in [0, 0.05) is 11.1 Å². The van der Waals surface area contributed by atoms with Crippen LogP contribution >= 0.6 is 0 Å². The van der Waals surface area contributed by atoms with E-state index in [0.717, 1.165) is 12.8 Å². The molecule has 18 heavy (non-hydrogen) atoms. The fourth-order valence-electron chi connectivity index (χ4n) is 0.687. The molecule has 0 saturated carbocycles.